The maximum absolute atomic E-state index is 12.0. The van der Waals surface area contributed by atoms with E-state index in [1.807, 2.05) is 24.3 Å². The molecule has 5 nitrogen and oxygen atoms in total. The first kappa shape index (κ1) is 16.5. The Morgan fingerprint density at radius 2 is 1.74 bits per heavy atom. The topological polar surface area (TPSA) is 64.6 Å². The van der Waals surface area contributed by atoms with Gasteiger partial charge in [0, 0.05) is 5.69 Å². The summed E-state index contributed by atoms with van der Waals surface area (Å²) in [6.07, 6.45) is 0.935. The summed E-state index contributed by atoms with van der Waals surface area (Å²) < 4.78 is 10.1. The fourth-order valence-electron chi connectivity index (χ4n) is 2.04. The predicted molar refractivity (Wildman–Crippen MR) is 87.7 cm³/mol. The van der Waals surface area contributed by atoms with Crippen LogP contribution in [-0.2, 0) is 16.0 Å². The van der Waals surface area contributed by atoms with Crippen LogP contribution in [0.5, 0.6) is 5.75 Å². The Hall–Kier alpha value is -2.82. The van der Waals surface area contributed by atoms with Crippen LogP contribution in [0.3, 0.4) is 0 Å². The Labute approximate surface area is 135 Å². The summed E-state index contributed by atoms with van der Waals surface area (Å²) in [7, 11) is 1.47. The summed E-state index contributed by atoms with van der Waals surface area (Å²) in [5.41, 5.74) is 2.14. The lowest BCUT2D eigenvalue weighted by Crippen LogP contribution is -2.21. The summed E-state index contributed by atoms with van der Waals surface area (Å²) in [6.45, 7) is 1.71. The van der Waals surface area contributed by atoms with E-state index in [1.54, 1.807) is 24.3 Å². The second-order valence-electron chi connectivity index (χ2n) is 4.88. The van der Waals surface area contributed by atoms with Gasteiger partial charge < -0.3 is 14.8 Å². The van der Waals surface area contributed by atoms with Crippen molar-refractivity contribution in [1.82, 2.24) is 0 Å². The number of aryl methyl sites for hydroxylation is 1. The van der Waals surface area contributed by atoms with E-state index in [0.29, 0.717) is 11.4 Å². The van der Waals surface area contributed by atoms with E-state index in [9.17, 15) is 9.59 Å². The van der Waals surface area contributed by atoms with Crippen LogP contribution >= 0.6 is 0 Å². The molecule has 0 spiro atoms. The molecule has 0 saturated heterocycles. The molecule has 0 atom stereocenters. The van der Waals surface area contributed by atoms with Crippen molar-refractivity contribution in [3.05, 3.63) is 59.7 Å². The number of para-hydroxylation sites is 1. The number of benzene rings is 2. The fourth-order valence-corrected chi connectivity index (χ4v) is 2.04. The summed E-state index contributed by atoms with van der Waals surface area (Å²) in [4.78, 5) is 23.8. The van der Waals surface area contributed by atoms with Gasteiger partial charge in [0.05, 0.1) is 7.11 Å². The number of anilines is 1. The summed E-state index contributed by atoms with van der Waals surface area (Å²) in [5, 5.41) is 2.68. The summed E-state index contributed by atoms with van der Waals surface area (Å²) >= 11 is 0. The van der Waals surface area contributed by atoms with Crippen LogP contribution in [0.15, 0.2) is 48.5 Å². The minimum Gasteiger partial charge on any atom is -0.496 e. The average Bonchev–Trinajstić information content (AvgIpc) is 2.60. The van der Waals surface area contributed by atoms with E-state index in [4.69, 9.17) is 9.47 Å². The van der Waals surface area contributed by atoms with Gasteiger partial charge in [0.15, 0.2) is 6.61 Å². The Bertz CT molecular complexity index is 680. The minimum atomic E-state index is -0.598. The number of methoxy groups -OCH3 is 1. The number of ether oxygens (including phenoxy) is 2. The standard InChI is InChI=1S/C18H19NO4/c1-3-13-8-10-14(11-9-13)19-17(20)12-23-18(21)15-6-4-5-7-16(15)22-2/h4-11H,3,12H2,1-2H3,(H,19,20). The van der Waals surface area contributed by atoms with Crippen LogP contribution in [-0.4, -0.2) is 25.6 Å². The molecule has 5 heteroatoms. The maximum atomic E-state index is 12.0. The van der Waals surface area contributed by atoms with Crippen LogP contribution in [0.4, 0.5) is 5.69 Å². The first-order valence-corrected chi connectivity index (χ1v) is 7.33. The van der Waals surface area contributed by atoms with Gasteiger partial charge in [-0.2, -0.15) is 0 Å². The van der Waals surface area contributed by atoms with Gasteiger partial charge in [0.2, 0.25) is 0 Å². The summed E-state index contributed by atoms with van der Waals surface area (Å²) in [5.74, 6) is -0.579. The first-order valence-electron chi connectivity index (χ1n) is 7.33. The van der Waals surface area contributed by atoms with Crippen molar-refractivity contribution in [2.24, 2.45) is 0 Å². The minimum absolute atomic E-state index is 0.287. The number of nitrogens with one attached hydrogen (secondary N) is 1. The second kappa shape index (κ2) is 7.98. The molecule has 0 unspecified atom stereocenters. The third-order valence-electron chi connectivity index (χ3n) is 3.31. The molecule has 0 aliphatic heterocycles. The number of hydrogen-bond acceptors (Lipinski definition) is 4. The molecule has 0 aromatic heterocycles. The lowest BCUT2D eigenvalue weighted by Gasteiger charge is -2.09. The van der Waals surface area contributed by atoms with Crippen LogP contribution < -0.4 is 10.1 Å². The highest BCUT2D eigenvalue weighted by Crippen LogP contribution is 2.18. The van der Waals surface area contributed by atoms with E-state index in [1.165, 1.54) is 12.7 Å². The van der Waals surface area contributed by atoms with Crippen molar-refractivity contribution in [1.29, 1.82) is 0 Å². The number of hydrogen-bond donors (Lipinski definition) is 1. The highest BCUT2D eigenvalue weighted by atomic mass is 16.5. The Morgan fingerprint density at radius 1 is 1.04 bits per heavy atom. The molecular weight excluding hydrogens is 294 g/mol. The van der Waals surface area contributed by atoms with Crippen molar-refractivity contribution < 1.29 is 19.1 Å². The average molecular weight is 313 g/mol. The largest absolute Gasteiger partial charge is 0.496 e. The monoisotopic (exact) mass is 313 g/mol. The van der Waals surface area contributed by atoms with E-state index >= 15 is 0 Å². The normalized spacial score (nSPS) is 10.0. The molecule has 0 fully saturated rings. The lowest BCUT2D eigenvalue weighted by atomic mass is 10.1. The molecule has 2 rings (SSSR count). The molecule has 120 valence electrons. The highest BCUT2D eigenvalue weighted by molar-refractivity contribution is 5.96. The van der Waals surface area contributed by atoms with Crippen LogP contribution in [0.1, 0.15) is 22.8 Å². The molecule has 0 radical (unpaired) electrons. The molecule has 0 saturated carbocycles. The van der Waals surface area contributed by atoms with Gasteiger partial charge in [0.25, 0.3) is 5.91 Å². The van der Waals surface area contributed by atoms with Crippen molar-refractivity contribution in [2.75, 3.05) is 19.0 Å². The fraction of sp³-hybridized carbons (Fsp3) is 0.222. The maximum Gasteiger partial charge on any atom is 0.342 e. The van der Waals surface area contributed by atoms with Gasteiger partial charge in [-0.05, 0) is 36.2 Å². The quantitative estimate of drug-likeness (QED) is 0.833. The van der Waals surface area contributed by atoms with Gasteiger partial charge in [-0.3, -0.25) is 4.79 Å². The van der Waals surface area contributed by atoms with Crippen LogP contribution in [0, 0.1) is 0 Å². The first-order chi connectivity index (χ1) is 11.1. The van der Waals surface area contributed by atoms with Gasteiger partial charge in [-0.25, -0.2) is 4.79 Å². The molecule has 1 N–H and O–H groups in total. The van der Waals surface area contributed by atoms with Crippen molar-refractivity contribution in [3.8, 4) is 5.75 Å². The molecule has 2 aromatic rings. The molecule has 0 aliphatic carbocycles. The zero-order valence-electron chi connectivity index (χ0n) is 13.2. The zero-order chi connectivity index (χ0) is 16.7. The molecule has 0 heterocycles. The Balaban J connectivity index is 1.89. The number of esters is 1. The van der Waals surface area contributed by atoms with Crippen molar-refractivity contribution in [3.63, 3.8) is 0 Å². The van der Waals surface area contributed by atoms with Crippen molar-refractivity contribution in [2.45, 2.75) is 13.3 Å². The number of carbonyl (C=O) groups excluding carboxylic acids is 2. The highest BCUT2D eigenvalue weighted by Gasteiger charge is 2.14. The van der Waals surface area contributed by atoms with E-state index in [2.05, 4.69) is 12.2 Å². The van der Waals surface area contributed by atoms with Crippen molar-refractivity contribution >= 4 is 17.6 Å². The van der Waals surface area contributed by atoms with E-state index < -0.39 is 11.9 Å². The molecule has 23 heavy (non-hydrogen) atoms. The molecule has 2 aromatic carbocycles. The van der Waals surface area contributed by atoms with Gasteiger partial charge in [-0.1, -0.05) is 31.2 Å². The third kappa shape index (κ3) is 4.57. The predicted octanol–water partition coefficient (Wildman–Crippen LogP) is 3.05. The van der Waals surface area contributed by atoms with Gasteiger partial charge >= 0.3 is 5.97 Å². The van der Waals surface area contributed by atoms with Gasteiger partial charge in [-0.15, -0.1) is 0 Å². The van der Waals surface area contributed by atoms with E-state index in [-0.39, 0.29) is 12.2 Å². The summed E-state index contributed by atoms with van der Waals surface area (Å²) in [6, 6.07) is 14.2. The van der Waals surface area contributed by atoms with Crippen LogP contribution in [0.2, 0.25) is 0 Å². The SMILES string of the molecule is CCc1ccc(NC(=O)COC(=O)c2ccccc2OC)cc1. The molecular formula is C18H19NO4. The molecule has 1 amide bonds. The number of amides is 1. The number of carbonyl (C=O) groups is 2. The third-order valence-corrected chi connectivity index (χ3v) is 3.31. The molecule has 0 bridgehead atoms. The second-order valence-corrected chi connectivity index (χ2v) is 4.88. The van der Waals surface area contributed by atoms with Crippen LogP contribution in [0.25, 0.3) is 0 Å². The number of rotatable bonds is 6. The smallest absolute Gasteiger partial charge is 0.342 e. The zero-order valence-corrected chi connectivity index (χ0v) is 13.2. The Kier molecular flexibility index (Phi) is 5.74. The lowest BCUT2D eigenvalue weighted by molar-refractivity contribution is -0.119. The van der Waals surface area contributed by atoms with E-state index in [0.717, 1.165) is 6.42 Å². The molecule has 0 aliphatic rings. The van der Waals surface area contributed by atoms with Gasteiger partial charge in [0.1, 0.15) is 11.3 Å². The Morgan fingerprint density at radius 3 is 2.39 bits per heavy atom.